The van der Waals surface area contributed by atoms with Crippen molar-refractivity contribution < 1.29 is 9.53 Å². The summed E-state index contributed by atoms with van der Waals surface area (Å²) in [4.78, 5) is 9.17. The summed E-state index contributed by atoms with van der Waals surface area (Å²) in [6, 6.07) is 9.93. The molecule has 0 aliphatic carbocycles. The van der Waals surface area contributed by atoms with Crippen LogP contribution in [0.25, 0.3) is 0 Å². The first-order chi connectivity index (χ1) is 7.35. The normalized spacial score (nSPS) is 8.67. The smallest absolute Gasteiger partial charge is 0.119 e. The Kier molecular flexibility index (Phi) is 9.83. The first-order valence-electron chi connectivity index (χ1n) is 5.46. The molecular formula is C13H20O2. The van der Waals surface area contributed by atoms with E-state index in [0.717, 1.165) is 25.1 Å². The minimum absolute atomic E-state index is 0.639. The molecule has 0 unspecified atom stereocenters. The van der Waals surface area contributed by atoms with E-state index >= 15 is 0 Å². The number of unbranched alkanes of at least 4 members (excludes halogenated alkanes) is 1. The lowest BCUT2D eigenvalue weighted by Gasteiger charge is -2.03. The molecule has 84 valence electrons. The Morgan fingerprint density at radius 1 is 1.20 bits per heavy atom. The SMILES string of the molecule is CCC=O.CCCCOc1ccccc1. The van der Waals surface area contributed by atoms with Crippen LogP contribution >= 0.6 is 0 Å². The number of ether oxygens (including phenoxy) is 1. The second-order valence-electron chi connectivity index (χ2n) is 3.09. The molecule has 0 aromatic heterocycles. The van der Waals surface area contributed by atoms with Crippen LogP contribution in [-0.2, 0) is 4.79 Å². The van der Waals surface area contributed by atoms with Gasteiger partial charge in [-0.3, -0.25) is 0 Å². The van der Waals surface area contributed by atoms with Crippen LogP contribution in [0.5, 0.6) is 5.75 Å². The van der Waals surface area contributed by atoms with Crippen LogP contribution in [-0.4, -0.2) is 12.9 Å². The van der Waals surface area contributed by atoms with Crippen LogP contribution in [0.1, 0.15) is 33.1 Å². The molecule has 0 saturated heterocycles. The zero-order chi connectivity index (χ0) is 11.4. The summed E-state index contributed by atoms with van der Waals surface area (Å²) in [7, 11) is 0. The fourth-order valence-corrected chi connectivity index (χ4v) is 0.851. The average molecular weight is 208 g/mol. The van der Waals surface area contributed by atoms with Gasteiger partial charge in [-0.1, -0.05) is 38.5 Å². The molecule has 0 saturated carbocycles. The summed E-state index contributed by atoms with van der Waals surface area (Å²) in [5, 5.41) is 0. The quantitative estimate of drug-likeness (QED) is 0.547. The van der Waals surface area contributed by atoms with Crippen molar-refractivity contribution in [3.63, 3.8) is 0 Å². The minimum atomic E-state index is 0.639. The van der Waals surface area contributed by atoms with Crippen LogP contribution in [0.3, 0.4) is 0 Å². The Morgan fingerprint density at radius 2 is 1.80 bits per heavy atom. The minimum Gasteiger partial charge on any atom is -0.494 e. The molecule has 2 heteroatoms. The standard InChI is InChI=1S/C10H14O.C3H6O/c1-2-3-9-11-10-7-5-4-6-8-10;1-2-3-4/h4-8H,2-3,9H2,1H3;3H,2H2,1H3. The first kappa shape index (κ1) is 13.7. The molecule has 1 rings (SSSR count). The van der Waals surface area contributed by atoms with Crippen molar-refractivity contribution in [1.82, 2.24) is 0 Å². The van der Waals surface area contributed by atoms with E-state index in [1.807, 2.05) is 37.3 Å². The Labute approximate surface area is 92.3 Å². The summed E-state index contributed by atoms with van der Waals surface area (Å²) in [6.45, 7) is 4.81. The third kappa shape index (κ3) is 9.01. The van der Waals surface area contributed by atoms with Gasteiger partial charge in [0.05, 0.1) is 6.61 Å². The maximum Gasteiger partial charge on any atom is 0.119 e. The molecule has 0 aliphatic heterocycles. The molecule has 15 heavy (non-hydrogen) atoms. The molecule has 0 bridgehead atoms. The van der Waals surface area contributed by atoms with E-state index in [1.54, 1.807) is 0 Å². The monoisotopic (exact) mass is 208 g/mol. The van der Waals surface area contributed by atoms with E-state index in [4.69, 9.17) is 4.74 Å². The van der Waals surface area contributed by atoms with E-state index in [-0.39, 0.29) is 0 Å². The van der Waals surface area contributed by atoms with Gasteiger partial charge in [0.15, 0.2) is 0 Å². The number of rotatable bonds is 5. The highest BCUT2D eigenvalue weighted by molar-refractivity contribution is 5.48. The third-order valence-electron chi connectivity index (χ3n) is 1.68. The van der Waals surface area contributed by atoms with E-state index in [2.05, 4.69) is 6.92 Å². The lowest BCUT2D eigenvalue weighted by molar-refractivity contribution is -0.107. The molecular weight excluding hydrogens is 188 g/mol. The van der Waals surface area contributed by atoms with Crippen LogP contribution in [0, 0.1) is 0 Å². The third-order valence-corrected chi connectivity index (χ3v) is 1.68. The summed E-state index contributed by atoms with van der Waals surface area (Å²) in [5.41, 5.74) is 0. The molecule has 0 heterocycles. The van der Waals surface area contributed by atoms with Crippen molar-refractivity contribution in [2.24, 2.45) is 0 Å². The van der Waals surface area contributed by atoms with Gasteiger partial charge in [-0.05, 0) is 18.6 Å². The van der Waals surface area contributed by atoms with Gasteiger partial charge < -0.3 is 9.53 Å². The topological polar surface area (TPSA) is 26.3 Å². The number of hydrogen-bond acceptors (Lipinski definition) is 2. The van der Waals surface area contributed by atoms with Gasteiger partial charge in [-0.25, -0.2) is 0 Å². The predicted octanol–water partition coefficient (Wildman–Crippen LogP) is 3.46. The second kappa shape index (κ2) is 10.8. The molecule has 1 aromatic carbocycles. The Bertz CT molecular complexity index is 232. The average Bonchev–Trinajstić information content (AvgIpc) is 2.31. The van der Waals surface area contributed by atoms with Crippen molar-refractivity contribution in [3.05, 3.63) is 30.3 Å². The molecule has 2 nitrogen and oxygen atoms in total. The zero-order valence-electron chi connectivity index (χ0n) is 9.61. The van der Waals surface area contributed by atoms with Gasteiger partial charge in [-0.15, -0.1) is 0 Å². The van der Waals surface area contributed by atoms with E-state index in [1.165, 1.54) is 6.42 Å². The Balaban J connectivity index is 0.000000423. The van der Waals surface area contributed by atoms with Crippen molar-refractivity contribution in [2.75, 3.05) is 6.61 Å². The highest BCUT2D eigenvalue weighted by atomic mass is 16.5. The lowest BCUT2D eigenvalue weighted by atomic mass is 10.3. The van der Waals surface area contributed by atoms with E-state index in [9.17, 15) is 4.79 Å². The molecule has 0 aliphatic rings. The van der Waals surface area contributed by atoms with Crippen LogP contribution < -0.4 is 4.74 Å². The number of benzene rings is 1. The molecule has 0 fully saturated rings. The van der Waals surface area contributed by atoms with Crippen molar-refractivity contribution in [2.45, 2.75) is 33.1 Å². The van der Waals surface area contributed by atoms with Crippen molar-refractivity contribution >= 4 is 6.29 Å². The molecule has 0 N–H and O–H groups in total. The summed E-state index contributed by atoms with van der Waals surface area (Å²) in [5.74, 6) is 0.973. The predicted molar refractivity (Wildman–Crippen MR) is 63.2 cm³/mol. The van der Waals surface area contributed by atoms with Gasteiger partial charge >= 0.3 is 0 Å². The van der Waals surface area contributed by atoms with Gasteiger partial charge in [0, 0.05) is 6.42 Å². The molecule has 0 amide bonds. The van der Waals surface area contributed by atoms with Gasteiger partial charge in [0.2, 0.25) is 0 Å². The number of carbonyl (C=O) groups excluding carboxylic acids is 1. The lowest BCUT2D eigenvalue weighted by Crippen LogP contribution is -1.95. The molecule has 0 spiro atoms. The number of hydrogen-bond donors (Lipinski definition) is 0. The van der Waals surface area contributed by atoms with Crippen molar-refractivity contribution in [1.29, 1.82) is 0 Å². The largest absolute Gasteiger partial charge is 0.494 e. The molecule has 0 atom stereocenters. The number of aldehydes is 1. The van der Waals surface area contributed by atoms with Gasteiger partial charge in [0.1, 0.15) is 12.0 Å². The van der Waals surface area contributed by atoms with Crippen LogP contribution in [0.2, 0.25) is 0 Å². The maximum absolute atomic E-state index is 9.17. The van der Waals surface area contributed by atoms with Crippen molar-refractivity contribution in [3.8, 4) is 5.75 Å². The van der Waals surface area contributed by atoms with Gasteiger partial charge in [0.25, 0.3) is 0 Å². The zero-order valence-corrected chi connectivity index (χ0v) is 9.61. The molecule has 0 radical (unpaired) electrons. The van der Waals surface area contributed by atoms with Gasteiger partial charge in [-0.2, -0.15) is 0 Å². The molecule has 1 aromatic rings. The Morgan fingerprint density at radius 3 is 2.27 bits per heavy atom. The Hall–Kier alpha value is -1.31. The summed E-state index contributed by atoms with van der Waals surface area (Å²) < 4.78 is 5.45. The van der Waals surface area contributed by atoms with Crippen LogP contribution in [0.4, 0.5) is 0 Å². The highest BCUT2D eigenvalue weighted by Crippen LogP contribution is 2.08. The maximum atomic E-state index is 9.17. The summed E-state index contributed by atoms with van der Waals surface area (Å²) in [6.07, 6.45) is 3.84. The summed E-state index contributed by atoms with van der Waals surface area (Å²) >= 11 is 0. The first-order valence-corrected chi connectivity index (χ1v) is 5.46. The van der Waals surface area contributed by atoms with E-state index < -0.39 is 0 Å². The fourth-order valence-electron chi connectivity index (χ4n) is 0.851. The van der Waals surface area contributed by atoms with E-state index in [0.29, 0.717) is 6.42 Å². The number of para-hydroxylation sites is 1. The van der Waals surface area contributed by atoms with Crippen LogP contribution in [0.15, 0.2) is 30.3 Å². The number of carbonyl (C=O) groups is 1. The second-order valence-corrected chi connectivity index (χ2v) is 3.09. The fraction of sp³-hybridized carbons (Fsp3) is 0.462. The highest BCUT2D eigenvalue weighted by Gasteiger charge is 1.88.